The number of aliphatic imine (C=N–C) groups is 1. The molecule has 3 aromatic rings. The van der Waals surface area contributed by atoms with Gasteiger partial charge in [-0.2, -0.15) is 4.58 Å². The highest BCUT2D eigenvalue weighted by Gasteiger charge is 2.43. The molecule has 0 saturated carbocycles. The molecule has 4 rings (SSSR count). The smallest absolute Gasteiger partial charge is 0.210 e. The molecule has 0 radical (unpaired) electrons. The highest BCUT2D eigenvalue weighted by Crippen LogP contribution is 2.43. The molecule has 1 aliphatic rings. The van der Waals surface area contributed by atoms with E-state index in [1.807, 2.05) is 36.5 Å². The highest BCUT2D eigenvalue weighted by atomic mass is 15.0. The molecule has 2 nitrogen and oxygen atoms in total. The van der Waals surface area contributed by atoms with Crippen LogP contribution >= 0.6 is 0 Å². The van der Waals surface area contributed by atoms with Gasteiger partial charge in [-0.3, -0.25) is 4.99 Å². The topological polar surface area (TPSA) is 15.4 Å². The third kappa shape index (κ3) is 3.12. The van der Waals surface area contributed by atoms with Crippen LogP contribution in [0.5, 0.6) is 0 Å². The Hall–Kier alpha value is -3.00. The molecular weight excluding hydrogens is 328 g/mol. The Labute approximate surface area is 161 Å². The minimum Gasteiger partial charge on any atom is -0.261 e. The third-order valence-corrected chi connectivity index (χ3v) is 5.41. The van der Waals surface area contributed by atoms with Crippen LogP contribution in [0, 0.1) is 0 Å². The van der Waals surface area contributed by atoms with E-state index in [-0.39, 0.29) is 5.41 Å². The van der Waals surface area contributed by atoms with Crippen LogP contribution in [0.4, 0.5) is 11.4 Å². The predicted molar refractivity (Wildman–Crippen MR) is 116 cm³/mol. The summed E-state index contributed by atoms with van der Waals surface area (Å²) >= 11 is 0. The lowest BCUT2D eigenvalue weighted by molar-refractivity contribution is -0.401. The van der Waals surface area contributed by atoms with Crippen molar-refractivity contribution in [1.29, 1.82) is 0 Å². The Kier molecular flexibility index (Phi) is 4.49. The molecule has 0 aromatic heterocycles. The van der Waals surface area contributed by atoms with Gasteiger partial charge in [-0.15, -0.1) is 0 Å². The van der Waals surface area contributed by atoms with E-state index < -0.39 is 0 Å². The Balaban J connectivity index is 1.61. The average Bonchev–Trinajstić information content (AvgIpc) is 2.89. The quantitative estimate of drug-likeness (QED) is 0.392. The van der Waals surface area contributed by atoms with E-state index in [0.29, 0.717) is 0 Å². The first-order valence-electron chi connectivity index (χ1n) is 9.46. The first-order chi connectivity index (χ1) is 13.1. The highest BCUT2D eigenvalue weighted by molar-refractivity contribution is 6.07. The fourth-order valence-electron chi connectivity index (χ4n) is 4.11. The first-order valence-corrected chi connectivity index (χ1v) is 9.46. The molecule has 0 amide bonds. The SMILES string of the molecule is C[N+]1=C(/C=C/CC=Nc2ccccc2)C(C)(C)c2c1ccc1ccccc21. The number of allylic oxidation sites excluding steroid dienone is 2. The molecule has 0 unspecified atom stereocenters. The van der Waals surface area contributed by atoms with Crippen LogP contribution in [-0.4, -0.2) is 23.5 Å². The van der Waals surface area contributed by atoms with Gasteiger partial charge in [-0.05, 0) is 42.8 Å². The van der Waals surface area contributed by atoms with Crippen LogP contribution < -0.4 is 0 Å². The molecule has 134 valence electrons. The fourth-order valence-corrected chi connectivity index (χ4v) is 4.11. The molecule has 27 heavy (non-hydrogen) atoms. The van der Waals surface area contributed by atoms with Gasteiger partial charge in [0.1, 0.15) is 7.05 Å². The Morgan fingerprint density at radius 2 is 1.67 bits per heavy atom. The number of nitrogens with zero attached hydrogens (tertiary/aromatic N) is 2. The maximum Gasteiger partial charge on any atom is 0.210 e. The third-order valence-electron chi connectivity index (χ3n) is 5.41. The number of fused-ring (bicyclic) bond motifs is 3. The molecular formula is C25H25N2+. The van der Waals surface area contributed by atoms with Gasteiger partial charge in [-0.25, -0.2) is 0 Å². The zero-order valence-electron chi connectivity index (χ0n) is 16.2. The summed E-state index contributed by atoms with van der Waals surface area (Å²) in [4.78, 5) is 4.51. The molecule has 0 spiro atoms. The summed E-state index contributed by atoms with van der Waals surface area (Å²) in [6.07, 6.45) is 7.25. The summed E-state index contributed by atoms with van der Waals surface area (Å²) in [5.41, 5.74) is 5.01. The molecule has 1 heterocycles. The Morgan fingerprint density at radius 1 is 0.926 bits per heavy atom. The maximum atomic E-state index is 4.51. The molecule has 3 aromatic carbocycles. The summed E-state index contributed by atoms with van der Waals surface area (Å²) in [5.74, 6) is 0. The van der Waals surface area contributed by atoms with Crippen molar-refractivity contribution in [2.75, 3.05) is 7.05 Å². The Morgan fingerprint density at radius 3 is 2.48 bits per heavy atom. The van der Waals surface area contributed by atoms with E-state index in [9.17, 15) is 0 Å². The van der Waals surface area contributed by atoms with Gasteiger partial charge in [0, 0.05) is 30.3 Å². The van der Waals surface area contributed by atoms with E-state index in [1.54, 1.807) is 0 Å². The lowest BCUT2D eigenvalue weighted by atomic mass is 9.79. The lowest BCUT2D eigenvalue weighted by Crippen LogP contribution is -2.26. The number of rotatable bonds is 4. The summed E-state index contributed by atoms with van der Waals surface area (Å²) < 4.78 is 2.33. The van der Waals surface area contributed by atoms with E-state index >= 15 is 0 Å². The zero-order chi connectivity index (χ0) is 18.9. The molecule has 0 N–H and O–H groups in total. The average molecular weight is 353 g/mol. The summed E-state index contributed by atoms with van der Waals surface area (Å²) in [5, 5.41) is 2.65. The van der Waals surface area contributed by atoms with Gasteiger partial charge >= 0.3 is 0 Å². The van der Waals surface area contributed by atoms with Crippen LogP contribution in [-0.2, 0) is 5.41 Å². The van der Waals surface area contributed by atoms with E-state index in [2.05, 4.69) is 79.0 Å². The van der Waals surface area contributed by atoms with Gasteiger partial charge in [0.05, 0.1) is 11.1 Å². The van der Waals surface area contributed by atoms with E-state index in [0.717, 1.165) is 12.1 Å². The normalized spacial score (nSPS) is 16.0. The summed E-state index contributed by atoms with van der Waals surface area (Å²) in [6.45, 7) is 4.64. The van der Waals surface area contributed by atoms with E-state index in [4.69, 9.17) is 0 Å². The zero-order valence-corrected chi connectivity index (χ0v) is 16.2. The number of hydrogen-bond acceptors (Lipinski definition) is 1. The number of para-hydroxylation sites is 1. The molecule has 2 heteroatoms. The van der Waals surface area contributed by atoms with Crippen LogP contribution in [0.1, 0.15) is 25.8 Å². The summed E-state index contributed by atoms with van der Waals surface area (Å²) in [7, 11) is 2.17. The van der Waals surface area contributed by atoms with Crippen LogP contribution in [0.2, 0.25) is 0 Å². The lowest BCUT2D eigenvalue weighted by Gasteiger charge is -2.17. The van der Waals surface area contributed by atoms with Crippen molar-refractivity contribution in [2.24, 2.45) is 4.99 Å². The van der Waals surface area contributed by atoms with Crippen molar-refractivity contribution < 1.29 is 4.58 Å². The van der Waals surface area contributed by atoms with Crippen LogP contribution in [0.3, 0.4) is 0 Å². The summed E-state index contributed by atoms with van der Waals surface area (Å²) in [6, 6.07) is 23.2. The van der Waals surface area contributed by atoms with Crippen molar-refractivity contribution in [3.63, 3.8) is 0 Å². The second-order valence-corrected chi connectivity index (χ2v) is 7.54. The van der Waals surface area contributed by atoms with Crippen LogP contribution in [0.15, 0.2) is 83.9 Å². The minimum absolute atomic E-state index is 0.0297. The molecule has 0 bridgehead atoms. The van der Waals surface area contributed by atoms with Crippen molar-refractivity contribution in [2.45, 2.75) is 25.7 Å². The van der Waals surface area contributed by atoms with Crippen molar-refractivity contribution in [3.8, 4) is 0 Å². The molecule has 0 aliphatic carbocycles. The first kappa shape index (κ1) is 17.4. The molecule has 0 fully saturated rings. The Bertz CT molecular complexity index is 1070. The fraction of sp³-hybridized carbons (Fsp3) is 0.200. The standard InChI is InChI=1S/C25H25N2/c1-25(2)23(15-9-10-18-26-20-12-5-4-6-13-20)27(3)22-17-16-19-11-7-8-14-21(19)24(22)25/h4-9,11-18H,10H2,1-3H3/q+1/b15-9+,26-18?. The maximum absolute atomic E-state index is 4.51. The van der Waals surface area contributed by atoms with Crippen molar-refractivity contribution in [1.82, 2.24) is 0 Å². The number of benzene rings is 3. The van der Waals surface area contributed by atoms with Crippen molar-refractivity contribution in [3.05, 3.63) is 84.4 Å². The largest absolute Gasteiger partial charge is 0.261 e. The van der Waals surface area contributed by atoms with Crippen molar-refractivity contribution >= 4 is 34.1 Å². The minimum atomic E-state index is -0.0297. The van der Waals surface area contributed by atoms with Crippen LogP contribution in [0.25, 0.3) is 10.8 Å². The van der Waals surface area contributed by atoms with Gasteiger partial charge in [-0.1, -0.05) is 48.5 Å². The monoisotopic (exact) mass is 353 g/mol. The van der Waals surface area contributed by atoms with Gasteiger partial charge in [0.25, 0.3) is 0 Å². The predicted octanol–water partition coefficient (Wildman–Crippen LogP) is 6.19. The molecule has 0 atom stereocenters. The van der Waals surface area contributed by atoms with Gasteiger partial charge < -0.3 is 0 Å². The second kappa shape index (κ2) is 6.96. The number of hydrogen-bond donors (Lipinski definition) is 0. The second-order valence-electron chi connectivity index (χ2n) is 7.54. The van der Waals surface area contributed by atoms with E-state index in [1.165, 1.54) is 27.7 Å². The molecule has 1 aliphatic heterocycles. The van der Waals surface area contributed by atoms with Gasteiger partial charge in [0.15, 0.2) is 5.71 Å². The van der Waals surface area contributed by atoms with Gasteiger partial charge in [0.2, 0.25) is 5.69 Å². The molecule has 0 saturated heterocycles.